The lowest BCUT2D eigenvalue weighted by molar-refractivity contribution is -0.132. The van der Waals surface area contributed by atoms with Gasteiger partial charge in [0, 0.05) is 6.54 Å². The van der Waals surface area contributed by atoms with Crippen LogP contribution in [-0.4, -0.2) is 38.9 Å². The Labute approximate surface area is 152 Å². The fourth-order valence-corrected chi connectivity index (χ4v) is 3.82. The summed E-state index contributed by atoms with van der Waals surface area (Å²) in [5, 5.41) is 8.50. The molecule has 1 aromatic heterocycles. The number of nitrogens with zero attached hydrogens (tertiary/aromatic N) is 4. The summed E-state index contributed by atoms with van der Waals surface area (Å²) < 4.78 is 12.9. The van der Waals surface area contributed by atoms with Crippen LogP contribution in [0.4, 0.5) is 0 Å². The van der Waals surface area contributed by atoms with Crippen molar-refractivity contribution in [3.63, 3.8) is 0 Å². The molecule has 0 N–H and O–H groups in total. The van der Waals surface area contributed by atoms with Gasteiger partial charge in [0.2, 0.25) is 12.7 Å². The molecular weight excluding hydrogens is 332 g/mol. The molecule has 0 aliphatic carbocycles. The number of hydrogen-bond acceptors (Lipinski definition) is 5. The van der Waals surface area contributed by atoms with Gasteiger partial charge < -0.3 is 18.9 Å². The topological polar surface area (TPSA) is 69.5 Å². The van der Waals surface area contributed by atoms with Gasteiger partial charge in [0.15, 0.2) is 17.3 Å². The Morgan fingerprint density at radius 1 is 1.27 bits per heavy atom. The molecule has 0 saturated carbocycles. The first-order chi connectivity index (χ1) is 12.5. The normalized spacial score (nSPS) is 18.3. The van der Waals surface area contributed by atoms with E-state index in [0.717, 1.165) is 29.4 Å². The molecule has 7 heteroatoms. The second kappa shape index (κ2) is 6.63. The quantitative estimate of drug-likeness (QED) is 0.842. The average molecular weight is 356 g/mol. The zero-order valence-electron chi connectivity index (χ0n) is 15.4. The molecule has 0 saturated heterocycles. The number of ether oxygens (including phenoxy) is 2. The number of carbonyl (C=O) groups is 1. The van der Waals surface area contributed by atoms with E-state index in [1.165, 1.54) is 0 Å². The van der Waals surface area contributed by atoms with Gasteiger partial charge in [-0.2, -0.15) is 0 Å². The number of amides is 1. The number of fused-ring (bicyclic) bond motifs is 2. The third-order valence-electron chi connectivity index (χ3n) is 4.95. The van der Waals surface area contributed by atoms with E-state index in [1.807, 2.05) is 30.0 Å². The summed E-state index contributed by atoms with van der Waals surface area (Å²) in [5.41, 5.74) is 0.933. The number of aryl methyl sites for hydroxylation is 1. The highest BCUT2D eigenvalue weighted by Gasteiger charge is 2.31. The number of rotatable bonds is 4. The molecule has 0 fully saturated rings. The first-order valence-corrected chi connectivity index (χ1v) is 9.08. The van der Waals surface area contributed by atoms with E-state index in [9.17, 15) is 4.79 Å². The lowest BCUT2D eigenvalue weighted by atomic mass is 10.0. The first kappa shape index (κ1) is 16.9. The Bertz CT molecular complexity index is 830. The van der Waals surface area contributed by atoms with E-state index >= 15 is 0 Å². The van der Waals surface area contributed by atoms with Crippen molar-refractivity contribution in [2.24, 2.45) is 5.92 Å². The Balaban J connectivity index is 1.51. The minimum atomic E-state index is 0.101. The van der Waals surface area contributed by atoms with Crippen molar-refractivity contribution < 1.29 is 14.3 Å². The maximum Gasteiger partial charge on any atom is 0.231 e. The van der Waals surface area contributed by atoms with Gasteiger partial charge in [-0.3, -0.25) is 4.79 Å². The molecule has 0 bridgehead atoms. The van der Waals surface area contributed by atoms with Gasteiger partial charge >= 0.3 is 0 Å². The van der Waals surface area contributed by atoms with Crippen LogP contribution in [0.3, 0.4) is 0 Å². The van der Waals surface area contributed by atoms with Crippen molar-refractivity contribution >= 4 is 5.91 Å². The second-order valence-electron chi connectivity index (χ2n) is 7.46. The second-order valence-corrected chi connectivity index (χ2v) is 7.46. The Morgan fingerprint density at radius 3 is 2.88 bits per heavy atom. The third-order valence-corrected chi connectivity index (χ3v) is 4.95. The average Bonchev–Trinajstić information content (AvgIpc) is 3.20. The van der Waals surface area contributed by atoms with E-state index in [2.05, 4.69) is 28.6 Å². The van der Waals surface area contributed by atoms with Crippen LogP contribution in [0.15, 0.2) is 18.2 Å². The standard InChI is InChI=1S/C19H24N4O3/c1-12(2)6-15-9-22(10-18-21-20-13(3)23(15)18)19(24)8-14-4-5-16-17(7-14)26-11-25-16/h4-5,7,12,15H,6,8-11H2,1-3H3/t15-/m0/s1. The molecule has 1 atom stereocenters. The first-order valence-electron chi connectivity index (χ1n) is 9.08. The zero-order chi connectivity index (χ0) is 18.3. The van der Waals surface area contributed by atoms with Gasteiger partial charge in [0.25, 0.3) is 0 Å². The van der Waals surface area contributed by atoms with Crippen molar-refractivity contribution in [1.82, 2.24) is 19.7 Å². The lowest BCUT2D eigenvalue weighted by Gasteiger charge is -2.35. The van der Waals surface area contributed by atoms with Crippen LogP contribution in [0.5, 0.6) is 11.5 Å². The molecule has 0 spiro atoms. The predicted octanol–water partition coefficient (Wildman–Crippen LogP) is 2.49. The Morgan fingerprint density at radius 2 is 2.08 bits per heavy atom. The third kappa shape index (κ3) is 3.13. The van der Waals surface area contributed by atoms with Gasteiger partial charge in [-0.15, -0.1) is 10.2 Å². The summed E-state index contributed by atoms with van der Waals surface area (Å²) in [6.07, 6.45) is 1.35. The Kier molecular flexibility index (Phi) is 4.30. The largest absolute Gasteiger partial charge is 0.454 e. The highest BCUT2D eigenvalue weighted by Crippen LogP contribution is 2.33. The van der Waals surface area contributed by atoms with Gasteiger partial charge in [0.1, 0.15) is 5.82 Å². The minimum Gasteiger partial charge on any atom is -0.454 e. The zero-order valence-corrected chi connectivity index (χ0v) is 15.4. The van der Waals surface area contributed by atoms with Gasteiger partial charge in [-0.05, 0) is 37.0 Å². The van der Waals surface area contributed by atoms with Gasteiger partial charge in [-0.25, -0.2) is 0 Å². The van der Waals surface area contributed by atoms with Crippen LogP contribution in [0.1, 0.15) is 43.5 Å². The highest BCUT2D eigenvalue weighted by molar-refractivity contribution is 5.79. The predicted molar refractivity (Wildman–Crippen MR) is 94.9 cm³/mol. The van der Waals surface area contributed by atoms with E-state index in [4.69, 9.17) is 9.47 Å². The molecular formula is C19H24N4O3. The van der Waals surface area contributed by atoms with Crippen molar-refractivity contribution in [1.29, 1.82) is 0 Å². The molecule has 26 heavy (non-hydrogen) atoms. The van der Waals surface area contributed by atoms with Crippen LogP contribution >= 0.6 is 0 Å². The SMILES string of the molecule is Cc1nnc2n1[C@@H](CC(C)C)CN(C(=O)Cc1ccc3c(c1)OCO3)C2. The van der Waals surface area contributed by atoms with Crippen molar-refractivity contribution in [2.75, 3.05) is 13.3 Å². The summed E-state index contributed by atoms with van der Waals surface area (Å²) >= 11 is 0. The molecule has 3 heterocycles. The van der Waals surface area contributed by atoms with E-state index < -0.39 is 0 Å². The maximum atomic E-state index is 12.9. The molecule has 2 aliphatic heterocycles. The molecule has 1 amide bonds. The van der Waals surface area contributed by atoms with Crippen LogP contribution in [0.2, 0.25) is 0 Å². The fraction of sp³-hybridized carbons (Fsp3) is 0.526. The molecule has 138 valence electrons. The summed E-state index contributed by atoms with van der Waals surface area (Å²) in [7, 11) is 0. The lowest BCUT2D eigenvalue weighted by Crippen LogP contribution is -2.42. The summed E-state index contributed by atoms with van der Waals surface area (Å²) in [5.74, 6) is 3.89. The monoisotopic (exact) mass is 356 g/mol. The number of aromatic nitrogens is 3. The van der Waals surface area contributed by atoms with E-state index in [0.29, 0.717) is 31.2 Å². The molecule has 0 radical (unpaired) electrons. The molecule has 0 unspecified atom stereocenters. The van der Waals surface area contributed by atoms with Crippen LogP contribution in [0, 0.1) is 12.8 Å². The summed E-state index contributed by atoms with van der Waals surface area (Å²) in [4.78, 5) is 14.8. The minimum absolute atomic E-state index is 0.101. The van der Waals surface area contributed by atoms with E-state index in [1.54, 1.807) is 0 Å². The summed E-state index contributed by atoms with van der Waals surface area (Å²) in [6, 6.07) is 5.91. The Hall–Kier alpha value is -2.57. The van der Waals surface area contributed by atoms with Crippen LogP contribution < -0.4 is 9.47 Å². The van der Waals surface area contributed by atoms with Crippen LogP contribution in [0.25, 0.3) is 0 Å². The maximum absolute atomic E-state index is 12.9. The van der Waals surface area contributed by atoms with Gasteiger partial charge in [0.05, 0.1) is 19.0 Å². The van der Waals surface area contributed by atoms with E-state index in [-0.39, 0.29) is 18.7 Å². The smallest absolute Gasteiger partial charge is 0.231 e. The van der Waals surface area contributed by atoms with Crippen LogP contribution in [-0.2, 0) is 17.8 Å². The highest BCUT2D eigenvalue weighted by atomic mass is 16.7. The fourth-order valence-electron chi connectivity index (χ4n) is 3.82. The molecule has 4 rings (SSSR count). The summed E-state index contributed by atoms with van der Waals surface area (Å²) in [6.45, 7) is 7.84. The van der Waals surface area contributed by atoms with Crippen molar-refractivity contribution in [3.05, 3.63) is 35.4 Å². The number of hydrogen-bond donors (Lipinski definition) is 0. The number of carbonyl (C=O) groups excluding carboxylic acids is 1. The number of benzene rings is 1. The molecule has 2 aromatic rings. The van der Waals surface area contributed by atoms with Gasteiger partial charge in [-0.1, -0.05) is 19.9 Å². The molecule has 1 aromatic carbocycles. The molecule has 7 nitrogen and oxygen atoms in total. The molecule has 2 aliphatic rings. The van der Waals surface area contributed by atoms with Crippen molar-refractivity contribution in [2.45, 2.75) is 46.2 Å². The van der Waals surface area contributed by atoms with Crippen molar-refractivity contribution in [3.8, 4) is 11.5 Å².